The third kappa shape index (κ3) is 4.66. The Morgan fingerprint density at radius 1 is 1.10 bits per heavy atom. The van der Waals surface area contributed by atoms with Gasteiger partial charge in [0, 0.05) is 13.1 Å². The van der Waals surface area contributed by atoms with Crippen molar-refractivity contribution in [3.05, 3.63) is 59.7 Å². The molecule has 1 atom stereocenters. The maximum absolute atomic E-state index is 12.7. The second-order valence-electron chi connectivity index (χ2n) is 7.49. The van der Waals surface area contributed by atoms with Gasteiger partial charge in [-0.25, -0.2) is 8.42 Å². The van der Waals surface area contributed by atoms with Gasteiger partial charge in [-0.2, -0.15) is 4.31 Å². The van der Waals surface area contributed by atoms with Gasteiger partial charge in [-0.1, -0.05) is 24.3 Å². The number of rotatable bonds is 6. The lowest BCUT2D eigenvalue weighted by Crippen LogP contribution is -2.40. The van der Waals surface area contributed by atoms with E-state index in [0.717, 1.165) is 19.3 Å². The number of ether oxygens (including phenoxy) is 2. The standard InChI is InChI=1S/C22H26N2O5S/c25-22(23-21-7-3-5-17-4-1-2-6-20(17)21)16-29-18-8-10-19(11-9-18)30(26,27)24-12-14-28-15-13-24/h1-2,4,6,8-11,21H,3,5,7,12-16H2,(H,23,25). The maximum atomic E-state index is 12.7. The molecule has 1 aliphatic heterocycles. The van der Waals surface area contributed by atoms with Crippen LogP contribution in [0.25, 0.3) is 0 Å². The summed E-state index contributed by atoms with van der Waals surface area (Å²) in [7, 11) is -3.54. The number of hydrogen-bond donors (Lipinski definition) is 1. The fraction of sp³-hybridized carbons (Fsp3) is 0.409. The molecule has 1 amide bonds. The Labute approximate surface area is 177 Å². The van der Waals surface area contributed by atoms with Gasteiger partial charge in [0.25, 0.3) is 5.91 Å². The molecule has 1 heterocycles. The van der Waals surface area contributed by atoms with E-state index in [1.54, 1.807) is 12.1 Å². The fourth-order valence-corrected chi connectivity index (χ4v) is 5.34. The summed E-state index contributed by atoms with van der Waals surface area (Å²) in [6, 6.07) is 14.4. The third-order valence-corrected chi connectivity index (χ3v) is 7.42. The van der Waals surface area contributed by atoms with Crippen LogP contribution in [0.4, 0.5) is 0 Å². The lowest BCUT2D eigenvalue weighted by molar-refractivity contribution is -0.124. The quantitative estimate of drug-likeness (QED) is 0.760. The molecule has 1 unspecified atom stereocenters. The first-order valence-electron chi connectivity index (χ1n) is 10.2. The number of benzene rings is 2. The normalized spacial score (nSPS) is 19.7. The number of hydrogen-bond acceptors (Lipinski definition) is 5. The number of carbonyl (C=O) groups is 1. The van der Waals surface area contributed by atoms with Gasteiger partial charge in [-0.3, -0.25) is 4.79 Å². The van der Waals surface area contributed by atoms with E-state index in [2.05, 4.69) is 17.4 Å². The average Bonchev–Trinajstić information content (AvgIpc) is 2.79. The van der Waals surface area contributed by atoms with Crippen LogP contribution in [0.2, 0.25) is 0 Å². The van der Waals surface area contributed by atoms with E-state index in [0.29, 0.717) is 32.1 Å². The van der Waals surface area contributed by atoms with Gasteiger partial charge in [0.1, 0.15) is 5.75 Å². The van der Waals surface area contributed by atoms with Crippen molar-refractivity contribution in [1.82, 2.24) is 9.62 Å². The van der Waals surface area contributed by atoms with E-state index in [1.165, 1.54) is 27.6 Å². The summed E-state index contributed by atoms with van der Waals surface area (Å²) in [5, 5.41) is 3.05. The Hall–Kier alpha value is -2.42. The summed E-state index contributed by atoms with van der Waals surface area (Å²) >= 11 is 0. The summed E-state index contributed by atoms with van der Waals surface area (Å²) < 4.78 is 37.5. The number of amides is 1. The van der Waals surface area contributed by atoms with Crippen molar-refractivity contribution in [1.29, 1.82) is 0 Å². The van der Waals surface area contributed by atoms with E-state index in [-0.39, 0.29) is 23.5 Å². The molecule has 30 heavy (non-hydrogen) atoms. The van der Waals surface area contributed by atoms with Crippen LogP contribution in [0.5, 0.6) is 5.75 Å². The molecule has 2 aromatic rings. The summed E-state index contributed by atoms with van der Waals surface area (Å²) in [5.74, 6) is 0.261. The number of carbonyl (C=O) groups excluding carboxylic acids is 1. The second kappa shape index (κ2) is 9.16. The van der Waals surface area contributed by atoms with Gasteiger partial charge in [-0.15, -0.1) is 0 Å². The number of fused-ring (bicyclic) bond motifs is 1. The van der Waals surface area contributed by atoms with E-state index in [1.807, 2.05) is 12.1 Å². The lowest BCUT2D eigenvalue weighted by Gasteiger charge is -2.26. The van der Waals surface area contributed by atoms with Gasteiger partial charge in [0.15, 0.2) is 6.61 Å². The molecular formula is C22H26N2O5S. The SMILES string of the molecule is O=C(COc1ccc(S(=O)(=O)N2CCOCC2)cc1)NC1CCCc2ccccc21. The highest BCUT2D eigenvalue weighted by molar-refractivity contribution is 7.89. The monoisotopic (exact) mass is 430 g/mol. The molecular weight excluding hydrogens is 404 g/mol. The van der Waals surface area contributed by atoms with Gasteiger partial charge < -0.3 is 14.8 Å². The van der Waals surface area contributed by atoms with Gasteiger partial charge >= 0.3 is 0 Å². The average molecular weight is 431 g/mol. The lowest BCUT2D eigenvalue weighted by atomic mass is 9.88. The van der Waals surface area contributed by atoms with Crippen molar-refractivity contribution >= 4 is 15.9 Å². The summed E-state index contributed by atoms with van der Waals surface area (Å²) in [5.41, 5.74) is 2.46. The number of morpholine rings is 1. The van der Waals surface area contributed by atoms with Crippen LogP contribution >= 0.6 is 0 Å². The second-order valence-corrected chi connectivity index (χ2v) is 9.43. The van der Waals surface area contributed by atoms with Crippen molar-refractivity contribution in [2.75, 3.05) is 32.9 Å². The maximum Gasteiger partial charge on any atom is 0.258 e. The zero-order valence-electron chi connectivity index (χ0n) is 16.7. The fourth-order valence-electron chi connectivity index (χ4n) is 3.93. The van der Waals surface area contributed by atoms with Crippen molar-refractivity contribution in [3.8, 4) is 5.75 Å². The molecule has 0 aromatic heterocycles. The Balaban J connectivity index is 1.33. The molecule has 1 N–H and O–H groups in total. The third-order valence-electron chi connectivity index (χ3n) is 5.51. The molecule has 2 aromatic carbocycles. The van der Waals surface area contributed by atoms with Crippen LogP contribution in [-0.4, -0.2) is 51.5 Å². The zero-order valence-corrected chi connectivity index (χ0v) is 17.6. The first kappa shape index (κ1) is 20.8. The number of nitrogens with zero attached hydrogens (tertiary/aromatic N) is 1. The Morgan fingerprint density at radius 3 is 2.60 bits per heavy atom. The summed E-state index contributed by atoms with van der Waals surface area (Å²) in [4.78, 5) is 12.6. The molecule has 1 fully saturated rings. The van der Waals surface area contributed by atoms with Crippen LogP contribution in [-0.2, 0) is 26.0 Å². The van der Waals surface area contributed by atoms with Crippen LogP contribution in [0, 0.1) is 0 Å². The van der Waals surface area contributed by atoms with Crippen molar-refractivity contribution < 1.29 is 22.7 Å². The van der Waals surface area contributed by atoms with Crippen molar-refractivity contribution in [3.63, 3.8) is 0 Å². The molecule has 1 aliphatic carbocycles. The first-order chi connectivity index (χ1) is 14.5. The number of aryl methyl sites for hydroxylation is 1. The molecule has 7 nitrogen and oxygen atoms in total. The minimum atomic E-state index is -3.54. The van der Waals surface area contributed by atoms with Crippen LogP contribution in [0.1, 0.15) is 30.0 Å². The molecule has 4 rings (SSSR count). The van der Waals surface area contributed by atoms with Gasteiger partial charge in [-0.05, 0) is 54.7 Å². The predicted molar refractivity (Wildman–Crippen MR) is 112 cm³/mol. The molecule has 0 spiro atoms. The Bertz CT molecular complexity index is 985. The van der Waals surface area contributed by atoms with E-state index in [4.69, 9.17) is 9.47 Å². The van der Waals surface area contributed by atoms with Gasteiger partial charge in [0.05, 0.1) is 24.2 Å². The van der Waals surface area contributed by atoms with Crippen molar-refractivity contribution in [2.24, 2.45) is 0 Å². The molecule has 160 valence electrons. The highest BCUT2D eigenvalue weighted by Crippen LogP contribution is 2.29. The van der Waals surface area contributed by atoms with Crippen LogP contribution < -0.4 is 10.1 Å². The predicted octanol–water partition coefficient (Wildman–Crippen LogP) is 2.28. The van der Waals surface area contributed by atoms with Gasteiger partial charge in [0.2, 0.25) is 10.0 Å². The van der Waals surface area contributed by atoms with E-state index in [9.17, 15) is 13.2 Å². The van der Waals surface area contributed by atoms with Crippen molar-refractivity contribution in [2.45, 2.75) is 30.2 Å². The first-order valence-corrected chi connectivity index (χ1v) is 11.7. The zero-order chi connectivity index (χ0) is 21.0. The van der Waals surface area contributed by atoms with Crippen LogP contribution in [0.15, 0.2) is 53.4 Å². The highest BCUT2D eigenvalue weighted by Gasteiger charge is 2.26. The molecule has 0 bridgehead atoms. The minimum Gasteiger partial charge on any atom is -0.484 e. The Morgan fingerprint density at radius 2 is 1.83 bits per heavy atom. The molecule has 0 saturated carbocycles. The van der Waals surface area contributed by atoms with E-state index < -0.39 is 10.0 Å². The Kier molecular flexibility index (Phi) is 6.36. The highest BCUT2D eigenvalue weighted by atomic mass is 32.2. The molecule has 2 aliphatic rings. The summed E-state index contributed by atoms with van der Waals surface area (Å²) in [6.07, 6.45) is 3.00. The topological polar surface area (TPSA) is 84.9 Å². The largest absolute Gasteiger partial charge is 0.484 e. The molecule has 1 saturated heterocycles. The summed E-state index contributed by atoms with van der Waals surface area (Å²) in [6.45, 7) is 1.40. The number of nitrogens with one attached hydrogen (secondary N) is 1. The van der Waals surface area contributed by atoms with E-state index >= 15 is 0 Å². The molecule has 0 radical (unpaired) electrons. The molecule has 8 heteroatoms. The number of sulfonamides is 1. The smallest absolute Gasteiger partial charge is 0.258 e. The minimum absolute atomic E-state index is 0.00657. The van der Waals surface area contributed by atoms with Crippen LogP contribution in [0.3, 0.4) is 0 Å².